The van der Waals surface area contributed by atoms with Gasteiger partial charge in [0.25, 0.3) is 0 Å². The number of hydrogen-bond acceptors (Lipinski definition) is 5. The Bertz CT molecular complexity index is 495. The maximum absolute atomic E-state index is 11.3. The molecule has 0 unspecified atom stereocenters. The molecule has 1 aromatic rings. The predicted molar refractivity (Wildman–Crippen MR) is 73.5 cm³/mol. The van der Waals surface area contributed by atoms with Gasteiger partial charge in [0.05, 0.1) is 4.92 Å². The number of nitrogens with zero attached hydrogens (tertiary/aromatic N) is 4. The standard InChI is InChI=1S/C12H21N5O2/c1-5-9-10(17(18)19)11(15(4)14-9)16-7-6-13-12(2,3)8-16/h13H,5-8H2,1-4H3. The molecule has 1 aliphatic rings. The number of nitro groups is 1. The fourth-order valence-electron chi connectivity index (χ4n) is 2.66. The fourth-order valence-corrected chi connectivity index (χ4v) is 2.66. The zero-order valence-corrected chi connectivity index (χ0v) is 11.9. The Morgan fingerprint density at radius 1 is 1.53 bits per heavy atom. The van der Waals surface area contributed by atoms with Gasteiger partial charge in [-0.15, -0.1) is 0 Å². The lowest BCUT2D eigenvalue weighted by Crippen LogP contribution is -2.57. The SMILES string of the molecule is CCc1nn(C)c(N2CCNC(C)(C)C2)c1[N+](=O)[O-]. The molecule has 106 valence electrons. The van der Waals surface area contributed by atoms with Gasteiger partial charge in [0.2, 0.25) is 5.82 Å². The van der Waals surface area contributed by atoms with Crippen molar-refractivity contribution in [3.63, 3.8) is 0 Å². The minimum atomic E-state index is -0.309. The van der Waals surface area contributed by atoms with Gasteiger partial charge in [-0.05, 0) is 20.3 Å². The molecule has 2 rings (SSSR count). The molecule has 0 radical (unpaired) electrons. The average Bonchev–Trinajstić information content (AvgIpc) is 2.64. The molecule has 0 bridgehead atoms. The van der Waals surface area contributed by atoms with Crippen LogP contribution < -0.4 is 10.2 Å². The van der Waals surface area contributed by atoms with Crippen molar-refractivity contribution in [1.82, 2.24) is 15.1 Å². The molecule has 1 N–H and O–H groups in total. The van der Waals surface area contributed by atoms with Crippen LogP contribution in [0.15, 0.2) is 0 Å². The smallest absolute Gasteiger partial charge is 0.334 e. The van der Waals surface area contributed by atoms with Crippen molar-refractivity contribution in [1.29, 1.82) is 0 Å². The summed E-state index contributed by atoms with van der Waals surface area (Å²) in [6, 6.07) is 0. The normalized spacial score (nSPS) is 18.6. The van der Waals surface area contributed by atoms with Gasteiger partial charge in [0, 0.05) is 32.2 Å². The number of hydrogen-bond donors (Lipinski definition) is 1. The van der Waals surface area contributed by atoms with Gasteiger partial charge < -0.3 is 10.2 Å². The monoisotopic (exact) mass is 267 g/mol. The van der Waals surface area contributed by atoms with Crippen LogP contribution >= 0.6 is 0 Å². The van der Waals surface area contributed by atoms with Gasteiger partial charge in [-0.1, -0.05) is 6.92 Å². The molecule has 7 nitrogen and oxygen atoms in total. The third kappa shape index (κ3) is 2.56. The molecule has 0 saturated carbocycles. The highest BCUT2D eigenvalue weighted by Crippen LogP contribution is 2.33. The Labute approximate surface area is 112 Å². The van der Waals surface area contributed by atoms with Gasteiger partial charge in [-0.3, -0.25) is 10.1 Å². The van der Waals surface area contributed by atoms with Gasteiger partial charge in [0.1, 0.15) is 5.69 Å². The fraction of sp³-hybridized carbons (Fsp3) is 0.750. The number of nitrogens with one attached hydrogen (secondary N) is 1. The largest absolute Gasteiger partial charge is 0.348 e. The van der Waals surface area contributed by atoms with E-state index in [4.69, 9.17) is 0 Å². The van der Waals surface area contributed by atoms with Crippen LogP contribution in [0.3, 0.4) is 0 Å². The number of piperazine rings is 1. The third-order valence-electron chi connectivity index (χ3n) is 3.45. The molecular weight excluding hydrogens is 246 g/mol. The summed E-state index contributed by atoms with van der Waals surface area (Å²) < 4.78 is 1.64. The highest BCUT2D eigenvalue weighted by atomic mass is 16.6. The lowest BCUT2D eigenvalue weighted by molar-refractivity contribution is -0.384. The van der Waals surface area contributed by atoms with Crippen molar-refractivity contribution in [2.24, 2.45) is 7.05 Å². The summed E-state index contributed by atoms with van der Waals surface area (Å²) in [7, 11) is 1.77. The Balaban J connectivity index is 2.44. The van der Waals surface area contributed by atoms with E-state index in [1.165, 1.54) is 0 Å². The predicted octanol–water partition coefficient (Wildman–Crippen LogP) is 1.08. The van der Waals surface area contributed by atoms with Crippen LogP contribution in [-0.4, -0.2) is 39.9 Å². The van der Waals surface area contributed by atoms with Crippen molar-refractivity contribution in [2.75, 3.05) is 24.5 Å². The van der Waals surface area contributed by atoms with Crippen LogP contribution in [0.4, 0.5) is 11.5 Å². The van der Waals surface area contributed by atoms with E-state index >= 15 is 0 Å². The second kappa shape index (κ2) is 4.80. The second-order valence-corrected chi connectivity index (χ2v) is 5.59. The topological polar surface area (TPSA) is 76.2 Å². The summed E-state index contributed by atoms with van der Waals surface area (Å²) in [5, 5.41) is 19.0. The molecule has 0 amide bonds. The quantitative estimate of drug-likeness (QED) is 0.655. The molecule has 0 atom stereocenters. The summed E-state index contributed by atoms with van der Waals surface area (Å²) in [5.41, 5.74) is 0.657. The van der Waals surface area contributed by atoms with Gasteiger partial charge >= 0.3 is 5.69 Å². The molecule has 1 fully saturated rings. The third-order valence-corrected chi connectivity index (χ3v) is 3.45. The summed E-state index contributed by atoms with van der Waals surface area (Å²) >= 11 is 0. The first kappa shape index (κ1) is 13.8. The zero-order valence-electron chi connectivity index (χ0n) is 11.9. The van der Waals surface area contributed by atoms with Crippen LogP contribution in [0.1, 0.15) is 26.5 Å². The molecule has 2 heterocycles. The van der Waals surface area contributed by atoms with E-state index < -0.39 is 0 Å². The van der Waals surface area contributed by atoms with E-state index in [0.29, 0.717) is 17.9 Å². The lowest BCUT2D eigenvalue weighted by Gasteiger charge is -2.39. The van der Waals surface area contributed by atoms with Crippen molar-refractivity contribution < 1.29 is 4.92 Å². The number of aryl methyl sites for hydroxylation is 2. The zero-order chi connectivity index (χ0) is 14.2. The first-order chi connectivity index (χ1) is 8.85. The number of rotatable bonds is 3. The molecule has 1 aliphatic heterocycles. The van der Waals surface area contributed by atoms with Gasteiger partial charge in [-0.2, -0.15) is 5.10 Å². The Hall–Kier alpha value is -1.63. The second-order valence-electron chi connectivity index (χ2n) is 5.59. The van der Waals surface area contributed by atoms with Crippen molar-refractivity contribution in [3.8, 4) is 0 Å². The van der Waals surface area contributed by atoms with E-state index in [1.54, 1.807) is 11.7 Å². The highest BCUT2D eigenvalue weighted by molar-refractivity contribution is 5.62. The molecular formula is C12H21N5O2. The molecule has 7 heteroatoms. The lowest BCUT2D eigenvalue weighted by atomic mass is 10.0. The number of aromatic nitrogens is 2. The van der Waals surface area contributed by atoms with Crippen molar-refractivity contribution in [3.05, 3.63) is 15.8 Å². The molecule has 1 aromatic heterocycles. The van der Waals surface area contributed by atoms with E-state index in [0.717, 1.165) is 19.6 Å². The van der Waals surface area contributed by atoms with Gasteiger partial charge in [0.15, 0.2) is 0 Å². The minimum absolute atomic E-state index is 0.0528. The first-order valence-corrected chi connectivity index (χ1v) is 6.56. The van der Waals surface area contributed by atoms with Crippen LogP contribution in [0.5, 0.6) is 0 Å². The maximum Gasteiger partial charge on any atom is 0.334 e. The van der Waals surface area contributed by atoms with Crippen molar-refractivity contribution in [2.45, 2.75) is 32.7 Å². The van der Waals surface area contributed by atoms with E-state index in [1.807, 2.05) is 6.92 Å². The molecule has 0 aliphatic carbocycles. The molecule has 0 spiro atoms. The molecule has 1 saturated heterocycles. The molecule has 19 heavy (non-hydrogen) atoms. The van der Waals surface area contributed by atoms with E-state index in [2.05, 4.69) is 29.2 Å². The summed E-state index contributed by atoms with van der Waals surface area (Å²) in [5.74, 6) is 0.622. The van der Waals surface area contributed by atoms with Crippen LogP contribution in [0, 0.1) is 10.1 Å². The van der Waals surface area contributed by atoms with E-state index in [9.17, 15) is 10.1 Å². The maximum atomic E-state index is 11.3. The van der Waals surface area contributed by atoms with Crippen LogP contribution in [-0.2, 0) is 13.5 Å². The van der Waals surface area contributed by atoms with E-state index in [-0.39, 0.29) is 16.1 Å². The van der Waals surface area contributed by atoms with Crippen LogP contribution in [0.2, 0.25) is 0 Å². The minimum Gasteiger partial charge on any atom is -0.348 e. The summed E-state index contributed by atoms with van der Waals surface area (Å²) in [6.07, 6.45) is 0.569. The first-order valence-electron chi connectivity index (χ1n) is 6.56. The van der Waals surface area contributed by atoms with Crippen molar-refractivity contribution >= 4 is 11.5 Å². The number of anilines is 1. The molecule has 0 aromatic carbocycles. The van der Waals surface area contributed by atoms with Crippen LogP contribution in [0.25, 0.3) is 0 Å². The Morgan fingerprint density at radius 3 is 2.74 bits per heavy atom. The van der Waals surface area contributed by atoms with Gasteiger partial charge in [-0.25, -0.2) is 4.68 Å². The Kier molecular flexibility index (Phi) is 3.49. The highest BCUT2D eigenvalue weighted by Gasteiger charge is 2.34. The summed E-state index contributed by atoms with van der Waals surface area (Å²) in [4.78, 5) is 13.1. The average molecular weight is 267 g/mol. The summed E-state index contributed by atoms with van der Waals surface area (Å²) in [6.45, 7) is 8.39. The Morgan fingerprint density at radius 2 is 2.21 bits per heavy atom.